The molecular formula is C16H20N4O2. The number of H-pyrrole nitrogens is 1. The fraction of sp³-hybridized carbons (Fsp3) is 0.312. The largest absolute Gasteiger partial charge is 0.287 e. The SMILES string of the molecule is CC(C)CCC(=O)NNC(=O)c1cc(-c2ccccc2)n[nH]1. The summed E-state index contributed by atoms with van der Waals surface area (Å²) in [6, 6.07) is 11.2. The van der Waals surface area contributed by atoms with E-state index in [-0.39, 0.29) is 5.91 Å². The van der Waals surface area contributed by atoms with Gasteiger partial charge in [0.2, 0.25) is 5.91 Å². The zero-order valence-electron chi connectivity index (χ0n) is 12.7. The summed E-state index contributed by atoms with van der Waals surface area (Å²) >= 11 is 0. The quantitative estimate of drug-likeness (QED) is 0.740. The van der Waals surface area contributed by atoms with Gasteiger partial charge in [0, 0.05) is 12.0 Å². The highest BCUT2D eigenvalue weighted by atomic mass is 16.2. The van der Waals surface area contributed by atoms with Crippen LogP contribution < -0.4 is 10.9 Å². The fourth-order valence-corrected chi connectivity index (χ4v) is 1.87. The molecule has 1 aromatic heterocycles. The van der Waals surface area contributed by atoms with Gasteiger partial charge in [0.25, 0.3) is 5.91 Å². The first-order chi connectivity index (χ1) is 10.6. The van der Waals surface area contributed by atoms with Crippen molar-refractivity contribution in [1.29, 1.82) is 0 Å². The zero-order chi connectivity index (χ0) is 15.9. The lowest BCUT2D eigenvalue weighted by molar-refractivity contribution is -0.122. The Bertz CT molecular complexity index is 635. The Morgan fingerprint density at radius 3 is 2.59 bits per heavy atom. The van der Waals surface area contributed by atoms with Crippen LogP contribution in [0.3, 0.4) is 0 Å². The average Bonchev–Trinajstić information content (AvgIpc) is 3.01. The second kappa shape index (κ2) is 7.40. The molecule has 0 fully saturated rings. The van der Waals surface area contributed by atoms with Crippen LogP contribution >= 0.6 is 0 Å². The van der Waals surface area contributed by atoms with E-state index in [1.165, 1.54) is 0 Å². The molecule has 0 atom stereocenters. The van der Waals surface area contributed by atoms with Crippen LogP contribution in [-0.2, 0) is 4.79 Å². The molecule has 6 heteroatoms. The third-order valence-corrected chi connectivity index (χ3v) is 3.16. The summed E-state index contributed by atoms with van der Waals surface area (Å²) in [7, 11) is 0. The van der Waals surface area contributed by atoms with Crippen LogP contribution in [-0.4, -0.2) is 22.0 Å². The van der Waals surface area contributed by atoms with E-state index < -0.39 is 5.91 Å². The average molecular weight is 300 g/mol. The van der Waals surface area contributed by atoms with Gasteiger partial charge >= 0.3 is 0 Å². The third kappa shape index (κ3) is 4.44. The summed E-state index contributed by atoms with van der Waals surface area (Å²) in [4.78, 5) is 23.5. The molecule has 116 valence electrons. The number of carbonyl (C=O) groups excluding carboxylic acids is 2. The molecule has 1 aromatic carbocycles. The topological polar surface area (TPSA) is 86.9 Å². The Kier molecular flexibility index (Phi) is 5.30. The van der Waals surface area contributed by atoms with Crippen molar-refractivity contribution in [2.24, 2.45) is 5.92 Å². The van der Waals surface area contributed by atoms with Crippen LogP contribution in [0.15, 0.2) is 36.4 Å². The molecule has 0 saturated heterocycles. The zero-order valence-corrected chi connectivity index (χ0v) is 12.7. The maximum Gasteiger partial charge on any atom is 0.287 e. The summed E-state index contributed by atoms with van der Waals surface area (Å²) < 4.78 is 0. The summed E-state index contributed by atoms with van der Waals surface area (Å²) in [5.74, 6) is -0.181. The molecule has 6 nitrogen and oxygen atoms in total. The molecule has 0 aliphatic carbocycles. The summed E-state index contributed by atoms with van der Waals surface area (Å²) in [5.41, 5.74) is 6.66. The maximum atomic E-state index is 11.9. The first-order valence-corrected chi connectivity index (χ1v) is 7.26. The second-order valence-corrected chi connectivity index (χ2v) is 5.47. The number of hydrogen-bond donors (Lipinski definition) is 3. The highest BCUT2D eigenvalue weighted by Gasteiger charge is 2.12. The standard InChI is InChI=1S/C16H20N4O2/c1-11(2)8-9-15(21)19-20-16(22)14-10-13(17-18-14)12-6-4-3-5-7-12/h3-7,10-11H,8-9H2,1-2H3,(H,17,18)(H,19,21)(H,20,22). The Morgan fingerprint density at radius 2 is 1.91 bits per heavy atom. The van der Waals surface area contributed by atoms with Gasteiger partial charge in [-0.2, -0.15) is 5.10 Å². The number of rotatable bonds is 5. The van der Waals surface area contributed by atoms with Gasteiger partial charge in [-0.3, -0.25) is 25.5 Å². The number of nitrogens with one attached hydrogen (secondary N) is 3. The van der Waals surface area contributed by atoms with Crippen LogP contribution in [0.2, 0.25) is 0 Å². The lowest BCUT2D eigenvalue weighted by Crippen LogP contribution is -2.41. The molecule has 0 unspecified atom stereocenters. The van der Waals surface area contributed by atoms with Gasteiger partial charge in [0.05, 0.1) is 5.69 Å². The van der Waals surface area contributed by atoms with E-state index in [0.29, 0.717) is 23.7 Å². The number of hydrogen-bond acceptors (Lipinski definition) is 3. The normalized spacial score (nSPS) is 10.5. The summed E-state index contributed by atoms with van der Waals surface area (Å²) in [6.07, 6.45) is 1.17. The predicted octanol–water partition coefficient (Wildman–Crippen LogP) is 2.27. The minimum Gasteiger partial charge on any atom is -0.273 e. The molecule has 0 bridgehead atoms. The molecule has 0 saturated carbocycles. The lowest BCUT2D eigenvalue weighted by atomic mass is 10.1. The van der Waals surface area contributed by atoms with Crippen molar-refractivity contribution >= 4 is 11.8 Å². The molecule has 0 radical (unpaired) electrons. The highest BCUT2D eigenvalue weighted by molar-refractivity contribution is 5.94. The van der Waals surface area contributed by atoms with Crippen LogP contribution in [0, 0.1) is 5.92 Å². The Hall–Kier alpha value is -2.63. The van der Waals surface area contributed by atoms with Gasteiger partial charge in [0.1, 0.15) is 5.69 Å². The van der Waals surface area contributed by atoms with Crippen molar-refractivity contribution in [2.75, 3.05) is 0 Å². The van der Waals surface area contributed by atoms with E-state index in [0.717, 1.165) is 12.0 Å². The van der Waals surface area contributed by atoms with Gasteiger partial charge < -0.3 is 0 Å². The Labute approximate surface area is 129 Å². The van der Waals surface area contributed by atoms with E-state index in [9.17, 15) is 9.59 Å². The van der Waals surface area contributed by atoms with Crippen molar-refractivity contribution in [3.05, 3.63) is 42.1 Å². The smallest absolute Gasteiger partial charge is 0.273 e. The summed E-state index contributed by atoms with van der Waals surface area (Å²) in [6.45, 7) is 4.09. The molecule has 0 spiro atoms. The van der Waals surface area contributed by atoms with Gasteiger partial charge in [0.15, 0.2) is 0 Å². The Morgan fingerprint density at radius 1 is 1.18 bits per heavy atom. The van der Waals surface area contributed by atoms with Gasteiger partial charge in [-0.15, -0.1) is 0 Å². The van der Waals surface area contributed by atoms with Crippen molar-refractivity contribution in [3.8, 4) is 11.3 Å². The number of aromatic amines is 1. The summed E-state index contributed by atoms with van der Waals surface area (Å²) in [5, 5.41) is 6.76. The van der Waals surface area contributed by atoms with Crippen molar-refractivity contribution in [2.45, 2.75) is 26.7 Å². The van der Waals surface area contributed by atoms with Gasteiger partial charge in [-0.25, -0.2) is 0 Å². The number of carbonyl (C=O) groups is 2. The minimum atomic E-state index is -0.424. The molecule has 22 heavy (non-hydrogen) atoms. The third-order valence-electron chi connectivity index (χ3n) is 3.16. The van der Waals surface area contributed by atoms with E-state index in [2.05, 4.69) is 21.0 Å². The van der Waals surface area contributed by atoms with Crippen molar-refractivity contribution < 1.29 is 9.59 Å². The minimum absolute atomic E-state index is 0.204. The molecule has 0 aliphatic heterocycles. The first-order valence-electron chi connectivity index (χ1n) is 7.26. The second-order valence-electron chi connectivity index (χ2n) is 5.47. The molecular weight excluding hydrogens is 280 g/mol. The van der Waals surface area contributed by atoms with E-state index in [1.807, 2.05) is 44.2 Å². The van der Waals surface area contributed by atoms with E-state index >= 15 is 0 Å². The van der Waals surface area contributed by atoms with Gasteiger partial charge in [-0.05, 0) is 18.4 Å². The molecule has 0 aliphatic rings. The number of nitrogens with zero attached hydrogens (tertiary/aromatic N) is 1. The van der Waals surface area contributed by atoms with E-state index in [4.69, 9.17) is 0 Å². The van der Waals surface area contributed by atoms with Crippen LogP contribution in [0.4, 0.5) is 0 Å². The van der Waals surface area contributed by atoms with Crippen molar-refractivity contribution in [3.63, 3.8) is 0 Å². The van der Waals surface area contributed by atoms with Crippen LogP contribution in [0.1, 0.15) is 37.2 Å². The molecule has 3 N–H and O–H groups in total. The predicted molar refractivity (Wildman–Crippen MR) is 83.7 cm³/mol. The number of amides is 2. The first kappa shape index (κ1) is 15.8. The molecule has 2 aromatic rings. The highest BCUT2D eigenvalue weighted by Crippen LogP contribution is 2.16. The maximum absolute atomic E-state index is 11.9. The van der Waals surface area contributed by atoms with E-state index in [1.54, 1.807) is 6.07 Å². The number of benzene rings is 1. The van der Waals surface area contributed by atoms with Crippen LogP contribution in [0.25, 0.3) is 11.3 Å². The fourth-order valence-electron chi connectivity index (χ4n) is 1.87. The molecule has 2 amide bonds. The van der Waals surface area contributed by atoms with Gasteiger partial charge in [-0.1, -0.05) is 44.2 Å². The molecule has 1 heterocycles. The van der Waals surface area contributed by atoms with Crippen LogP contribution in [0.5, 0.6) is 0 Å². The Balaban J connectivity index is 1.88. The monoisotopic (exact) mass is 300 g/mol. The van der Waals surface area contributed by atoms with Crippen molar-refractivity contribution in [1.82, 2.24) is 21.0 Å². The number of aromatic nitrogens is 2. The number of hydrazine groups is 1. The molecule has 2 rings (SSSR count). The lowest BCUT2D eigenvalue weighted by Gasteiger charge is -2.07.